The highest BCUT2D eigenvalue weighted by molar-refractivity contribution is 5.81. The van der Waals surface area contributed by atoms with Gasteiger partial charge in [0.2, 0.25) is 0 Å². The Labute approximate surface area is 114 Å². The molecule has 0 amide bonds. The van der Waals surface area contributed by atoms with Crippen LogP contribution in [-0.4, -0.2) is 35.9 Å². The molecular formula is C16H21NO2. The quantitative estimate of drug-likeness (QED) is 0.841. The lowest BCUT2D eigenvalue weighted by Gasteiger charge is -2.50. The van der Waals surface area contributed by atoms with E-state index in [-0.39, 0.29) is 5.41 Å². The van der Waals surface area contributed by atoms with E-state index >= 15 is 0 Å². The summed E-state index contributed by atoms with van der Waals surface area (Å²) in [6.07, 6.45) is 3.37. The van der Waals surface area contributed by atoms with Crippen LogP contribution in [0.2, 0.25) is 0 Å². The van der Waals surface area contributed by atoms with Crippen molar-refractivity contribution in [1.29, 1.82) is 0 Å². The van der Waals surface area contributed by atoms with Crippen molar-refractivity contribution >= 4 is 5.78 Å². The summed E-state index contributed by atoms with van der Waals surface area (Å²) in [7, 11) is 2.16. The number of carbonyl (C=O) groups is 1. The number of phenols is 1. The Morgan fingerprint density at radius 1 is 1.42 bits per heavy atom. The molecule has 1 aromatic rings. The molecule has 1 aromatic carbocycles. The van der Waals surface area contributed by atoms with Crippen molar-refractivity contribution in [2.75, 3.05) is 20.1 Å². The Hall–Kier alpha value is -1.35. The van der Waals surface area contributed by atoms with Gasteiger partial charge >= 0.3 is 0 Å². The first-order valence-electron chi connectivity index (χ1n) is 7.10. The molecule has 1 aliphatic carbocycles. The molecular weight excluding hydrogens is 238 g/mol. The minimum atomic E-state index is -0.0411. The van der Waals surface area contributed by atoms with Gasteiger partial charge in [0.25, 0.3) is 0 Å². The van der Waals surface area contributed by atoms with Gasteiger partial charge in [-0.3, -0.25) is 4.79 Å². The molecule has 1 aliphatic heterocycles. The Balaban J connectivity index is 2.02. The summed E-state index contributed by atoms with van der Waals surface area (Å²) in [5.41, 5.74) is 1.11. The van der Waals surface area contributed by atoms with Gasteiger partial charge in [0.15, 0.2) is 0 Å². The third-order valence-electron chi connectivity index (χ3n) is 4.96. The van der Waals surface area contributed by atoms with Crippen LogP contribution in [0.5, 0.6) is 5.75 Å². The zero-order valence-electron chi connectivity index (χ0n) is 11.4. The number of nitrogens with zero attached hydrogens (tertiary/aromatic N) is 1. The van der Waals surface area contributed by atoms with Crippen LogP contribution in [0.3, 0.4) is 0 Å². The zero-order valence-corrected chi connectivity index (χ0v) is 11.4. The fraction of sp³-hybridized carbons (Fsp3) is 0.562. The Morgan fingerprint density at radius 3 is 3.05 bits per heavy atom. The van der Waals surface area contributed by atoms with E-state index < -0.39 is 0 Å². The molecule has 2 atom stereocenters. The van der Waals surface area contributed by atoms with Crippen LogP contribution in [-0.2, 0) is 10.2 Å². The number of hydrogen-bond donors (Lipinski definition) is 1. The van der Waals surface area contributed by atoms with Crippen LogP contribution in [0.15, 0.2) is 24.3 Å². The lowest BCUT2D eigenvalue weighted by Crippen LogP contribution is -2.52. The number of fused-ring (bicyclic) bond motifs is 1. The second-order valence-corrected chi connectivity index (χ2v) is 6.17. The Morgan fingerprint density at radius 2 is 2.26 bits per heavy atom. The van der Waals surface area contributed by atoms with Gasteiger partial charge in [-0.1, -0.05) is 12.1 Å². The van der Waals surface area contributed by atoms with Crippen LogP contribution in [0.25, 0.3) is 0 Å². The van der Waals surface area contributed by atoms with Gasteiger partial charge < -0.3 is 10.0 Å². The molecule has 1 N–H and O–H groups in total. The summed E-state index contributed by atoms with van der Waals surface area (Å²) in [6.45, 7) is 2.09. The number of piperidine rings is 1. The van der Waals surface area contributed by atoms with Gasteiger partial charge in [0.05, 0.1) is 0 Å². The van der Waals surface area contributed by atoms with Gasteiger partial charge in [-0.05, 0) is 50.0 Å². The Kier molecular flexibility index (Phi) is 3.09. The topological polar surface area (TPSA) is 40.5 Å². The molecule has 1 saturated heterocycles. The van der Waals surface area contributed by atoms with E-state index in [2.05, 4.69) is 18.0 Å². The maximum absolute atomic E-state index is 12.0. The van der Waals surface area contributed by atoms with Crippen LogP contribution in [0.4, 0.5) is 0 Å². The van der Waals surface area contributed by atoms with Gasteiger partial charge in [-0.2, -0.15) is 0 Å². The van der Waals surface area contributed by atoms with E-state index in [0.29, 0.717) is 23.9 Å². The molecule has 2 aliphatic rings. The molecule has 1 heterocycles. The highest BCUT2D eigenvalue weighted by atomic mass is 16.3. The second-order valence-electron chi connectivity index (χ2n) is 6.17. The molecule has 3 rings (SSSR count). The van der Waals surface area contributed by atoms with Crippen molar-refractivity contribution in [3.05, 3.63) is 29.8 Å². The van der Waals surface area contributed by atoms with E-state index in [9.17, 15) is 9.90 Å². The number of ketones is 1. The van der Waals surface area contributed by atoms with Crippen molar-refractivity contribution in [2.24, 2.45) is 5.92 Å². The normalized spacial score (nSPS) is 32.1. The molecule has 102 valence electrons. The lowest BCUT2D eigenvalue weighted by molar-refractivity contribution is -0.124. The van der Waals surface area contributed by atoms with Crippen LogP contribution in [0, 0.1) is 5.92 Å². The fourth-order valence-electron chi connectivity index (χ4n) is 3.91. The first kappa shape index (κ1) is 12.7. The van der Waals surface area contributed by atoms with Crippen LogP contribution >= 0.6 is 0 Å². The predicted octanol–water partition coefficient (Wildman–Crippen LogP) is 2.33. The first-order chi connectivity index (χ1) is 9.10. The number of likely N-dealkylation sites (tertiary alicyclic amines) is 1. The number of phenolic OH excluding ortho intramolecular Hbond substituents is 1. The van der Waals surface area contributed by atoms with Gasteiger partial charge in [0.1, 0.15) is 11.5 Å². The molecule has 0 unspecified atom stereocenters. The Bertz CT molecular complexity index is 499. The summed E-state index contributed by atoms with van der Waals surface area (Å²) in [4.78, 5) is 14.3. The van der Waals surface area contributed by atoms with Gasteiger partial charge in [0, 0.05) is 24.8 Å². The molecule has 3 nitrogen and oxygen atoms in total. The van der Waals surface area contributed by atoms with E-state index in [4.69, 9.17) is 0 Å². The minimum absolute atomic E-state index is 0.0411. The summed E-state index contributed by atoms with van der Waals surface area (Å²) in [6, 6.07) is 7.54. The molecule has 1 saturated carbocycles. The summed E-state index contributed by atoms with van der Waals surface area (Å²) in [5.74, 6) is 1.22. The highest BCUT2D eigenvalue weighted by Gasteiger charge is 2.47. The van der Waals surface area contributed by atoms with Crippen molar-refractivity contribution < 1.29 is 9.90 Å². The maximum atomic E-state index is 12.0. The number of aromatic hydroxyl groups is 1. The average molecular weight is 259 g/mol. The van der Waals surface area contributed by atoms with E-state index in [1.807, 2.05) is 12.1 Å². The first-order valence-corrected chi connectivity index (χ1v) is 7.10. The summed E-state index contributed by atoms with van der Waals surface area (Å²) >= 11 is 0. The van der Waals surface area contributed by atoms with Crippen LogP contribution in [0.1, 0.15) is 31.2 Å². The monoisotopic (exact) mass is 259 g/mol. The second kappa shape index (κ2) is 4.64. The van der Waals surface area contributed by atoms with Gasteiger partial charge in [-0.25, -0.2) is 0 Å². The van der Waals surface area contributed by atoms with Crippen molar-refractivity contribution in [3.63, 3.8) is 0 Å². The average Bonchev–Trinajstić information content (AvgIpc) is 2.39. The third-order valence-corrected chi connectivity index (χ3v) is 4.96. The van der Waals surface area contributed by atoms with E-state index in [1.54, 1.807) is 6.07 Å². The summed E-state index contributed by atoms with van der Waals surface area (Å²) in [5, 5.41) is 9.75. The predicted molar refractivity (Wildman–Crippen MR) is 74.2 cm³/mol. The standard InChI is InChI=1S/C16H21NO2/c1-17-8-7-16(12-3-2-4-14(18)9-12)10-15(19)6-5-13(16)11-17/h2-4,9,13,18H,5-8,10-11H2,1H3/t13-,16-/m1/s1. The number of benzene rings is 1. The molecule has 19 heavy (non-hydrogen) atoms. The number of rotatable bonds is 1. The van der Waals surface area contributed by atoms with E-state index in [1.165, 1.54) is 0 Å². The minimum Gasteiger partial charge on any atom is -0.508 e. The van der Waals surface area contributed by atoms with Crippen molar-refractivity contribution in [1.82, 2.24) is 4.90 Å². The maximum Gasteiger partial charge on any atom is 0.133 e. The smallest absolute Gasteiger partial charge is 0.133 e. The third kappa shape index (κ3) is 2.16. The molecule has 0 radical (unpaired) electrons. The van der Waals surface area contributed by atoms with Crippen molar-refractivity contribution in [3.8, 4) is 5.75 Å². The molecule has 0 aromatic heterocycles. The van der Waals surface area contributed by atoms with Crippen molar-refractivity contribution in [2.45, 2.75) is 31.1 Å². The fourth-order valence-corrected chi connectivity index (χ4v) is 3.91. The number of Topliss-reactive ketones (excluding diaryl/α,β-unsaturated/α-hetero) is 1. The van der Waals surface area contributed by atoms with Crippen LogP contribution < -0.4 is 0 Å². The molecule has 0 spiro atoms. The number of carbonyl (C=O) groups excluding carboxylic acids is 1. The largest absolute Gasteiger partial charge is 0.508 e. The molecule has 0 bridgehead atoms. The molecule has 3 heteroatoms. The van der Waals surface area contributed by atoms with Gasteiger partial charge in [-0.15, -0.1) is 0 Å². The highest BCUT2D eigenvalue weighted by Crippen LogP contribution is 2.48. The SMILES string of the molecule is CN1CC[C@]2(c3cccc(O)c3)CC(=O)CC[C@@H]2C1. The lowest BCUT2D eigenvalue weighted by atomic mass is 9.59. The van der Waals surface area contributed by atoms with E-state index in [0.717, 1.165) is 37.9 Å². The zero-order chi connectivity index (χ0) is 13.5. The summed E-state index contributed by atoms with van der Waals surface area (Å²) < 4.78 is 0. The molecule has 2 fully saturated rings. The number of hydrogen-bond acceptors (Lipinski definition) is 3.